The Balaban J connectivity index is 1.38. The van der Waals surface area contributed by atoms with Crippen LogP contribution in [0.4, 0.5) is 5.69 Å². The average molecular weight is 417 g/mol. The summed E-state index contributed by atoms with van der Waals surface area (Å²) in [6.07, 6.45) is 3.87. The molecule has 3 amide bonds. The number of carbonyl (C=O) groups is 3. The minimum Gasteiger partial charge on any atom is -0.352 e. The number of anilines is 1. The maximum atomic E-state index is 12.2. The first kappa shape index (κ1) is 20.8. The van der Waals surface area contributed by atoms with Crippen molar-refractivity contribution in [2.24, 2.45) is 7.05 Å². The van der Waals surface area contributed by atoms with Gasteiger partial charge in [0.1, 0.15) is 6.33 Å². The topological polar surface area (TPSA) is 109 Å². The van der Waals surface area contributed by atoms with E-state index in [0.29, 0.717) is 35.9 Å². The van der Waals surface area contributed by atoms with E-state index >= 15 is 0 Å². The first-order valence-electron chi connectivity index (χ1n) is 9.45. The minimum absolute atomic E-state index is 0.160. The van der Waals surface area contributed by atoms with Gasteiger partial charge in [-0.2, -0.15) is 0 Å². The molecule has 0 spiro atoms. The SMILES string of the molecule is Cn1cnnc1SCC(=O)Nc1ccc(C(=O)NCCCN2CCCC2=O)cc1. The lowest BCUT2D eigenvalue weighted by molar-refractivity contribution is -0.127. The fourth-order valence-electron chi connectivity index (χ4n) is 2.95. The standard InChI is InChI=1S/C19H24N6O3S/c1-24-13-21-23-19(24)29-12-16(26)22-15-7-5-14(6-8-15)18(28)20-9-3-11-25-10-2-4-17(25)27/h5-8,13H,2-4,9-12H2,1H3,(H,20,28)(H,22,26). The zero-order valence-electron chi connectivity index (χ0n) is 16.3. The number of hydrogen-bond donors (Lipinski definition) is 2. The minimum atomic E-state index is -0.173. The van der Waals surface area contributed by atoms with Gasteiger partial charge >= 0.3 is 0 Å². The van der Waals surface area contributed by atoms with Gasteiger partial charge in [-0.25, -0.2) is 0 Å². The summed E-state index contributed by atoms with van der Waals surface area (Å²) in [5.41, 5.74) is 1.14. The predicted octanol–water partition coefficient (Wildman–Crippen LogP) is 1.29. The predicted molar refractivity (Wildman–Crippen MR) is 110 cm³/mol. The van der Waals surface area contributed by atoms with E-state index in [9.17, 15) is 14.4 Å². The van der Waals surface area contributed by atoms with Gasteiger partial charge in [-0.15, -0.1) is 10.2 Å². The Morgan fingerprint density at radius 1 is 1.24 bits per heavy atom. The number of hydrogen-bond acceptors (Lipinski definition) is 6. The summed E-state index contributed by atoms with van der Waals surface area (Å²) in [6, 6.07) is 6.74. The van der Waals surface area contributed by atoms with Crippen LogP contribution >= 0.6 is 11.8 Å². The van der Waals surface area contributed by atoms with E-state index < -0.39 is 0 Å². The number of aryl methyl sites for hydroxylation is 1. The molecule has 0 unspecified atom stereocenters. The van der Waals surface area contributed by atoms with Gasteiger partial charge in [0.25, 0.3) is 5.91 Å². The van der Waals surface area contributed by atoms with Crippen LogP contribution in [0.5, 0.6) is 0 Å². The molecule has 29 heavy (non-hydrogen) atoms. The Kier molecular flexibility index (Phi) is 7.23. The Bertz CT molecular complexity index is 867. The summed E-state index contributed by atoms with van der Waals surface area (Å²) >= 11 is 1.30. The Morgan fingerprint density at radius 3 is 2.69 bits per heavy atom. The van der Waals surface area contributed by atoms with Crippen molar-refractivity contribution in [2.45, 2.75) is 24.4 Å². The van der Waals surface area contributed by atoms with Crippen LogP contribution in [0.25, 0.3) is 0 Å². The van der Waals surface area contributed by atoms with E-state index in [1.807, 2.05) is 11.9 Å². The highest BCUT2D eigenvalue weighted by Gasteiger charge is 2.19. The van der Waals surface area contributed by atoms with Crippen molar-refractivity contribution < 1.29 is 14.4 Å². The first-order chi connectivity index (χ1) is 14.0. The van der Waals surface area contributed by atoms with Crippen molar-refractivity contribution in [1.29, 1.82) is 0 Å². The van der Waals surface area contributed by atoms with Gasteiger partial charge in [0, 0.05) is 44.4 Å². The molecule has 2 N–H and O–H groups in total. The number of carbonyl (C=O) groups excluding carboxylic acids is 3. The van der Waals surface area contributed by atoms with Crippen LogP contribution < -0.4 is 10.6 Å². The molecule has 1 fully saturated rings. The number of aromatic nitrogens is 3. The molecule has 2 aromatic rings. The lowest BCUT2D eigenvalue weighted by atomic mass is 10.2. The highest BCUT2D eigenvalue weighted by atomic mass is 32.2. The normalized spacial score (nSPS) is 13.6. The molecule has 0 radical (unpaired) electrons. The number of nitrogens with zero attached hydrogens (tertiary/aromatic N) is 4. The molecule has 9 nitrogen and oxygen atoms in total. The van der Waals surface area contributed by atoms with Crippen LogP contribution in [0.15, 0.2) is 35.7 Å². The summed E-state index contributed by atoms with van der Waals surface area (Å²) in [4.78, 5) is 37.6. The van der Waals surface area contributed by atoms with Gasteiger partial charge in [0.15, 0.2) is 5.16 Å². The summed E-state index contributed by atoms with van der Waals surface area (Å²) in [6.45, 7) is 2.01. The van der Waals surface area contributed by atoms with Gasteiger partial charge in [-0.3, -0.25) is 14.4 Å². The van der Waals surface area contributed by atoms with Crippen molar-refractivity contribution in [2.75, 3.05) is 30.7 Å². The van der Waals surface area contributed by atoms with E-state index in [0.717, 1.165) is 19.4 Å². The zero-order valence-corrected chi connectivity index (χ0v) is 17.1. The molecular weight excluding hydrogens is 392 g/mol. The van der Waals surface area contributed by atoms with Gasteiger partial charge in [-0.1, -0.05) is 11.8 Å². The summed E-state index contributed by atoms with van der Waals surface area (Å²) in [5.74, 6) is 0.0814. The van der Waals surface area contributed by atoms with E-state index in [-0.39, 0.29) is 23.5 Å². The van der Waals surface area contributed by atoms with Gasteiger partial charge in [-0.05, 0) is 37.1 Å². The van der Waals surface area contributed by atoms with E-state index in [1.54, 1.807) is 35.2 Å². The van der Waals surface area contributed by atoms with Crippen molar-refractivity contribution in [1.82, 2.24) is 25.0 Å². The fraction of sp³-hybridized carbons (Fsp3) is 0.421. The second-order valence-electron chi connectivity index (χ2n) is 6.73. The lowest BCUT2D eigenvalue weighted by Gasteiger charge is -2.15. The van der Waals surface area contributed by atoms with Crippen LogP contribution in [0.2, 0.25) is 0 Å². The van der Waals surface area contributed by atoms with Crippen LogP contribution in [0.3, 0.4) is 0 Å². The number of benzene rings is 1. The molecule has 154 valence electrons. The van der Waals surface area contributed by atoms with Crippen LogP contribution in [-0.2, 0) is 16.6 Å². The maximum Gasteiger partial charge on any atom is 0.251 e. The maximum absolute atomic E-state index is 12.2. The number of thioether (sulfide) groups is 1. The summed E-state index contributed by atoms with van der Waals surface area (Å²) in [5, 5.41) is 14.0. The fourth-order valence-corrected chi connectivity index (χ4v) is 3.64. The molecule has 1 aromatic heterocycles. The molecule has 1 aliphatic heterocycles. The Labute approximate surface area is 173 Å². The second-order valence-corrected chi connectivity index (χ2v) is 7.67. The largest absolute Gasteiger partial charge is 0.352 e. The van der Waals surface area contributed by atoms with Crippen molar-refractivity contribution in [3.63, 3.8) is 0 Å². The highest BCUT2D eigenvalue weighted by Crippen LogP contribution is 2.15. The molecule has 10 heteroatoms. The molecular formula is C19H24N6O3S. The molecule has 0 saturated carbocycles. The quantitative estimate of drug-likeness (QED) is 0.471. The molecule has 1 saturated heterocycles. The van der Waals surface area contributed by atoms with Crippen LogP contribution in [-0.4, -0.2) is 62.8 Å². The van der Waals surface area contributed by atoms with Gasteiger partial charge in [0.05, 0.1) is 5.75 Å². The number of rotatable bonds is 9. The third-order valence-corrected chi connectivity index (χ3v) is 5.53. The number of amides is 3. The molecule has 0 bridgehead atoms. The molecule has 3 rings (SSSR count). The molecule has 2 heterocycles. The first-order valence-corrected chi connectivity index (χ1v) is 10.4. The van der Waals surface area contributed by atoms with E-state index in [1.165, 1.54) is 11.8 Å². The zero-order chi connectivity index (χ0) is 20.6. The lowest BCUT2D eigenvalue weighted by Crippen LogP contribution is -2.30. The average Bonchev–Trinajstić information content (AvgIpc) is 3.31. The smallest absolute Gasteiger partial charge is 0.251 e. The summed E-state index contributed by atoms with van der Waals surface area (Å²) < 4.78 is 1.74. The molecule has 1 aliphatic rings. The van der Waals surface area contributed by atoms with E-state index in [2.05, 4.69) is 20.8 Å². The molecule has 0 atom stereocenters. The summed E-state index contributed by atoms with van der Waals surface area (Å²) in [7, 11) is 1.82. The third kappa shape index (κ3) is 6.05. The van der Waals surface area contributed by atoms with Crippen molar-refractivity contribution in [3.8, 4) is 0 Å². The molecule has 1 aromatic carbocycles. The number of nitrogens with one attached hydrogen (secondary N) is 2. The van der Waals surface area contributed by atoms with Crippen molar-refractivity contribution in [3.05, 3.63) is 36.2 Å². The third-order valence-electron chi connectivity index (χ3n) is 4.49. The van der Waals surface area contributed by atoms with E-state index in [4.69, 9.17) is 0 Å². The van der Waals surface area contributed by atoms with Gasteiger partial charge in [0.2, 0.25) is 11.8 Å². The van der Waals surface area contributed by atoms with Gasteiger partial charge < -0.3 is 20.1 Å². The Hall–Kier alpha value is -2.88. The Morgan fingerprint density at radius 2 is 2.03 bits per heavy atom. The van der Waals surface area contributed by atoms with Crippen LogP contribution in [0, 0.1) is 0 Å². The monoisotopic (exact) mass is 416 g/mol. The van der Waals surface area contributed by atoms with Crippen molar-refractivity contribution >= 4 is 35.2 Å². The number of likely N-dealkylation sites (tertiary alicyclic amines) is 1. The van der Waals surface area contributed by atoms with Crippen LogP contribution in [0.1, 0.15) is 29.6 Å². The molecule has 0 aliphatic carbocycles. The second kappa shape index (κ2) is 10.1. The highest BCUT2D eigenvalue weighted by molar-refractivity contribution is 7.99.